The highest BCUT2D eigenvalue weighted by Gasteiger charge is 2.02. The summed E-state index contributed by atoms with van der Waals surface area (Å²) in [5.41, 5.74) is 1.40. The summed E-state index contributed by atoms with van der Waals surface area (Å²) < 4.78 is 0. The van der Waals surface area contributed by atoms with Gasteiger partial charge in [0.2, 0.25) is 5.91 Å². The van der Waals surface area contributed by atoms with Gasteiger partial charge in [0.05, 0.1) is 5.52 Å². The Bertz CT molecular complexity index is 904. The van der Waals surface area contributed by atoms with Crippen LogP contribution in [0.3, 0.4) is 0 Å². The molecule has 0 atom stereocenters. The second-order valence-electron chi connectivity index (χ2n) is 4.96. The molecule has 0 saturated heterocycles. The normalized spacial score (nSPS) is 11.0. The van der Waals surface area contributed by atoms with E-state index in [1.54, 1.807) is 12.1 Å². The van der Waals surface area contributed by atoms with Crippen molar-refractivity contribution in [2.75, 3.05) is 5.32 Å². The number of hydrogen-bond donors (Lipinski definition) is 3. The molecule has 2 aromatic carbocycles. The summed E-state index contributed by atoms with van der Waals surface area (Å²) in [6, 6.07) is 15.6. The average Bonchev–Trinajstić information content (AvgIpc) is 2.56. The fraction of sp³-hybridized carbons (Fsp3) is 0. The maximum Gasteiger partial charge on any atom is 0.249 e. The van der Waals surface area contributed by atoms with E-state index in [1.807, 2.05) is 30.3 Å². The van der Waals surface area contributed by atoms with Crippen molar-refractivity contribution in [2.24, 2.45) is 0 Å². The number of nitrogens with zero attached hydrogens (tertiary/aromatic N) is 1. The van der Waals surface area contributed by atoms with Gasteiger partial charge in [0.1, 0.15) is 5.82 Å². The molecule has 0 aliphatic rings. The van der Waals surface area contributed by atoms with Crippen LogP contribution < -0.4 is 5.32 Å². The fourth-order valence-electron chi connectivity index (χ4n) is 2.12. The largest absolute Gasteiger partial charge is 0.504 e. The lowest BCUT2D eigenvalue weighted by atomic mass is 10.2. The van der Waals surface area contributed by atoms with E-state index >= 15 is 0 Å². The molecule has 3 N–H and O–H groups in total. The van der Waals surface area contributed by atoms with Crippen molar-refractivity contribution >= 4 is 28.7 Å². The zero-order valence-corrected chi connectivity index (χ0v) is 12.1. The van der Waals surface area contributed by atoms with Crippen LogP contribution in [-0.4, -0.2) is 21.1 Å². The number of phenols is 2. The van der Waals surface area contributed by atoms with Gasteiger partial charge >= 0.3 is 0 Å². The molecule has 114 valence electrons. The molecular weight excluding hydrogens is 292 g/mol. The molecule has 5 nitrogen and oxygen atoms in total. The molecule has 0 fully saturated rings. The predicted molar refractivity (Wildman–Crippen MR) is 89.2 cm³/mol. The first-order valence-corrected chi connectivity index (χ1v) is 6.99. The van der Waals surface area contributed by atoms with E-state index in [9.17, 15) is 15.0 Å². The van der Waals surface area contributed by atoms with Gasteiger partial charge in [-0.1, -0.05) is 24.3 Å². The van der Waals surface area contributed by atoms with E-state index in [0.29, 0.717) is 11.4 Å². The van der Waals surface area contributed by atoms with Crippen molar-refractivity contribution in [1.29, 1.82) is 0 Å². The second-order valence-corrected chi connectivity index (χ2v) is 4.96. The molecule has 0 bridgehead atoms. The Labute approximate surface area is 132 Å². The van der Waals surface area contributed by atoms with E-state index in [-0.39, 0.29) is 17.4 Å². The zero-order valence-electron chi connectivity index (χ0n) is 12.1. The van der Waals surface area contributed by atoms with Gasteiger partial charge in [-0.25, -0.2) is 4.98 Å². The number of rotatable bonds is 3. The Kier molecular flexibility index (Phi) is 3.93. The quantitative estimate of drug-likeness (QED) is 0.512. The number of aromatic nitrogens is 1. The maximum absolute atomic E-state index is 11.9. The van der Waals surface area contributed by atoms with E-state index in [4.69, 9.17) is 0 Å². The van der Waals surface area contributed by atoms with Crippen LogP contribution in [0.2, 0.25) is 0 Å². The summed E-state index contributed by atoms with van der Waals surface area (Å²) in [6.45, 7) is 0. The van der Waals surface area contributed by atoms with Gasteiger partial charge in [0.15, 0.2) is 11.5 Å². The first-order valence-electron chi connectivity index (χ1n) is 6.99. The Morgan fingerprint density at radius 1 is 1.00 bits per heavy atom. The van der Waals surface area contributed by atoms with Gasteiger partial charge < -0.3 is 15.5 Å². The number of fused-ring (bicyclic) bond motifs is 1. The van der Waals surface area contributed by atoms with E-state index in [2.05, 4.69) is 10.3 Å². The highest BCUT2D eigenvalue weighted by Crippen LogP contribution is 2.25. The van der Waals surface area contributed by atoms with Crippen LogP contribution in [0.25, 0.3) is 17.0 Å². The van der Waals surface area contributed by atoms with Crippen molar-refractivity contribution in [3.63, 3.8) is 0 Å². The van der Waals surface area contributed by atoms with Gasteiger partial charge in [-0.3, -0.25) is 4.79 Å². The molecule has 1 heterocycles. The van der Waals surface area contributed by atoms with Crippen LogP contribution in [0.4, 0.5) is 5.82 Å². The lowest BCUT2D eigenvalue weighted by Gasteiger charge is -2.03. The number of phenolic OH excluding ortho intramolecular Hbond substituents is 2. The number of anilines is 1. The summed E-state index contributed by atoms with van der Waals surface area (Å²) in [5.74, 6) is -0.303. The first-order chi connectivity index (χ1) is 11.1. The number of para-hydroxylation sites is 1. The van der Waals surface area contributed by atoms with Crippen molar-refractivity contribution in [3.8, 4) is 11.5 Å². The molecule has 0 aliphatic heterocycles. The molecular formula is C18H14N2O3. The Balaban J connectivity index is 1.72. The monoisotopic (exact) mass is 306 g/mol. The van der Waals surface area contributed by atoms with E-state index < -0.39 is 0 Å². The Hall–Kier alpha value is -3.34. The highest BCUT2D eigenvalue weighted by molar-refractivity contribution is 6.01. The third-order valence-electron chi connectivity index (χ3n) is 3.28. The maximum atomic E-state index is 11.9. The Morgan fingerprint density at radius 3 is 2.65 bits per heavy atom. The van der Waals surface area contributed by atoms with Crippen LogP contribution in [0.15, 0.2) is 60.7 Å². The van der Waals surface area contributed by atoms with Crippen LogP contribution in [-0.2, 0) is 4.79 Å². The molecule has 3 rings (SSSR count). The molecule has 0 aliphatic carbocycles. The molecule has 0 radical (unpaired) electrons. The fourth-order valence-corrected chi connectivity index (χ4v) is 2.12. The smallest absolute Gasteiger partial charge is 0.249 e. The standard InChI is InChI=1S/C18H14N2O3/c21-15-8-5-12(11-16(15)22)6-10-18(23)20-17-9-7-13-3-1-2-4-14(13)19-17/h1-11,21-22H,(H,19,20,23)/b10-6+. The third kappa shape index (κ3) is 3.47. The molecule has 0 unspecified atom stereocenters. The number of benzene rings is 2. The lowest BCUT2D eigenvalue weighted by Crippen LogP contribution is -2.09. The molecule has 0 spiro atoms. The van der Waals surface area contributed by atoms with Crippen LogP contribution in [0, 0.1) is 0 Å². The molecule has 0 saturated carbocycles. The van der Waals surface area contributed by atoms with Gasteiger partial charge in [0, 0.05) is 11.5 Å². The number of hydrogen-bond acceptors (Lipinski definition) is 4. The number of nitrogens with one attached hydrogen (secondary N) is 1. The third-order valence-corrected chi connectivity index (χ3v) is 3.28. The first kappa shape index (κ1) is 14.6. The predicted octanol–water partition coefficient (Wildman–Crippen LogP) is 3.30. The summed E-state index contributed by atoms with van der Waals surface area (Å²) in [5, 5.41) is 22.3. The SMILES string of the molecule is O=C(/C=C/c1ccc(O)c(O)c1)Nc1ccc2ccccc2n1. The van der Waals surface area contributed by atoms with Gasteiger partial charge in [-0.05, 0) is 42.0 Å². The molecule has 3 aromatic rings. The topological polar surface area (TPSA) is 82.5 Å². The van der Waals surface area contributed by atoms with Crippen LogP contribution in [0.5, 0.6) is 11.5 Å². The van der Waals surface area contributed by atoms with Crippen molar-refractivity contribution in [3.05, 3.63) is 66.2 Å². The molecule has 23 heavy (non-hydrogen) atoms. The minimum atomic E-state index is -0.333. The van der Waals surface area contributed by atoms with Gasteiger partial charge in [-0.2, -0.15) is 0 Å². The van der Waals surface area contributed by atoms with E-state index in [1.165, 1.54) is 24.3 Å². The number of carbonyl (C=O) groups is 1. The number of pyridine rings is 1. The summed E-state index contributed by atoms with van der Waals surface area (Å²) >= 11 is 0. The molecule has 5 heteroatoms. The summed E-state index contributed by atoms with van der Waals surface area (Å²) in [4.78, 5) is 16.3. The number of amides is 1. The van der Waals surface area contributed by atoms with E-state index in [0.717, 1.165) is 10.9 Å². The van der Waals surface area contributed by atoms with Gasteiger partial charge in [-0.15, -0.1) is 0 Å². The van der Waals surface area contributed by atoms with Crippen LogP contribution in [0.1, 0.15) is 5.56 Å². The average molecular weight is 306 g/mol. The second kappa shape index (κ2) is 6.19. The highest BCUT2D eigenvalue weighted by atomic mass is 16.3. The summed E-state index contributed by atoms with van der Waals surface area (Å²) in [6.07, 6.45) is 2.87. The lowest BCUT2D eigenvalue weighted by molar-refractivity contribution is -0.111. The summed E-state index contributed by atoms with van der Waals surface area (Å²) in [7, 11) is 0. The van der Waals surface area contributed by atoms with Gasteiger partial charge in [0.25, 0.3) is 0 Å². The molecule has 1 aromatic heterocycles. The van der Waals surface area contributed by atoms with Crippen molar-refractivity contribution in [1.82, 2.24) is 4.98 Å². The van der Waals surface area contributed by atoms with Crippen LogP contribution >= 0.6 is 0 Å². The van der Waals surface area contributed by atoms with Crippen molar-refractivity contribution < 1.29 is 15.0 Å². The minimum absolute atomic E-state index is 0.202. The number of carbonyl (C=O) groups excluding carboxylic acids is 1. The van der Waals surface area contributed by atoms with Crippen molar-refractivity contribution in [2.45, 2.75) is 0 Å². The molecule has 1 amide bonds. The zero-order chi connectivity index (χ0) is 16.2. The Morgan fingerprint density at radius 2 is 1.83 bits per heavy atom. The number of aromatic hydroxyl groups is 2. The minimum Gasteiger partial charge on any atom is -0.504 e.